The third kappa shape index (κ3) is 2.66. The molecule has 4 N–H and O–H groups in total. The minimum absolute atomic E-state index is 0.0210. The van der Waals surface area contributed by atoms with Gasteiger partial charge in [0.25, 0.3) is 0 Å². The fraction of sp³-hybridized carbons (Fsp3) is 0.833. The number of ketones is 1. The second-order valence-corrected chi connectivity index (χ2v) is 5.18. The number of unbranched alkanes of at least 4 members (excludes halogenated alkanes) is 1. The number of hydrogen-bond donors (Lipinski definition) is 3. The molecule has 0 aromatic rings. The van der Waals surface area contributed by atoms with Crippen molar-refractivity contribution in [3.05, 3.63) is 0 Å². The highest BCUT2D eigenvalue weighted by atomic mass is 16.2. The average Bonchev–Trinajstić information content (AvgIpc) is 3.06. The number of carbonyl (C=O) groups is 2. The van der Waals surface area contributed by atoms with Crippen LogP contribution in [0.25, 0.3) is 0 Å². The van der Waals surface area contributed by atoms with Crippen molar-refractivity contribution in [1.29, 1.82) is 0 Å². The maximum Gasteiger partial charge on any atom is 0.237 e. The summed E-state index contributed by atoms with van der Waals surface area (Å²) in [6.45, 7) is 2.61. The lowest BCUT2D eigenvalue weighted by atomic mass is 9.99. The van der Waals surface area contributed by atoms with Crippen molar-refractivity contribution < 1.29 is 9.59 Å². The molecule has 2 aliphatic rings. The molecule has 0 unspecified atom stereocenters. The molecule has 2 atom stereocenters. The Morgan fingerprint density at radius 1 is 1.53 bits per heavy atom. The molecule has 0 aromatic carbocycles. The highest BCUT2D eigenvalue weighted by Crippen LogP contribution is 2.34. The first-order valence-electron chi connectivity index (χ1n) is 6.44. The van der Waals surface area contributed by atoms with E-state index in [-0.39, 0.29) is 17.7 Å². The van der Waals surface area contributed by atoms with Crippen LogP contribution in [0.3, 0.4) is 0 Å². The van der Waals surface area contributed by atoms with E-state index in [0.717, 1.165) is 32.1 Å². The number of Topliss-reactive ketones (excluding diaryl/α,β-unsaturated/α-hetero) is 1. The molecule has 1 amide bonds. The largest absolute Gasteiger partial charge is 0.344 e. The van der Waals surface area contributed by atoms with Crippen LogP contribution in [0.5, 0.6) is 0 Å². The first-order valence-corrected chi connectivity index (χ1v) is 6.44. The van der Waals surface area contributed by atoms with E-state index in [1.165, 1.54) is 0 Å². The lowest BCUT2D eigenvalue weighted by molar-refractivity contribution is -0.132. The van der Waals surface area contributed by atoms with E-state index in [1.54, 1.807) is 0 Å². The van der Waals surface area contributed by atoms with Crippen molar-refractivity contribution in [2.24, 2.45) is 5.73 Å². The quantitative estimate of drug-likeness (QED) is 0.614. The van der Waals surface area contributed by atoms with Crippen molar-refractivity contribution in [1.82, 2.24) is 10.6 Å². The van der Waals surface area contributed by atoms with Crippen LogP contribution in [0.4, 0.5) is 0 Å². The van der Waals surface area contributed by atoms with Gasteiger partial charge >= 0.3 is 0 Å². The lowest BCUT2D eigenvalue weighted by Crippen LogP contribution is -2.63. The fourth-order valence-corrected chi connectivity index (χ4v) is 2.20. The van der Waals surface area contributed by atoms with Gasteiger partial charge in [-0.25, -0.2) is 0 Å². The van der Waals surface area contributed by atoms with Crippen molar-refractivity contribution >= 4 is 11.7 Å². The van der Waals surface area contributed by atoms with E-state index in [0.29, 0.717) is 6.54 Å². The van der Waals surface area contributed by atoms with E-state index in [2.05, 4.69) is 17.6 Å². The summed E-state index contributed by atoms with van der Waals surface area (Å²) >= 11 is 0. The molecular formula is C12H21N3O2. The molecule has 1 aliphatic carbocycles. The van der Waals surface area contributed by atoms with Gasteiger partial charge in [-0.1, -0.05) is 19.8 Å². The number of carbonyl (C=O) groups excluding carboxylic acids is 2. The first kappa shape index (κ1) is 12.5. The zero-order valence-corrected chi connectivity index (χ0v) is 10.3. The Bertz CT molecular complexity index is 326. The third-order valence-electron chi connectivity index (χ3n) is 3.64. The van der Waals surface area contributed by atoms with E-state index in [1.807, 2.05) is 0 Å². The number of rotatable bonds is 5. The Balaban J connectivity index is 1.86. The van der Waals surface area contributed by atoms with Gasteiger partial charge in [-0.05, 0) is 19.3 Å². The third-order valence-corrected chi connectivity index (χ3v) is 3.64. The van der Waals surface area contributed by atoms with Crippen LogP contribution in [-0.2, 0) is 9.59 Å². The van der Waals surface area contributed by atoms with Gasteiger partial charge in [-0.15, -0.1) is 0 Å². The topological polar surface area (TPSA) is 84.2 Å². The molecule has 1 saturated heterocycles. The SMILES string of the molecule is CCCC[C@@H]1NC[C@H](C(=O)C2(N)CC2)NC1=O. The molecule has 0 aromatic heterocycles. The summed E-state index contributed by atoms with van der Waals surface area (Å²) in [4.78, 5) is 23.8. The van der Waals surface area contributed by atoms with Gasteiger partial charge in [0, 0.05) is 6.54 Å². The van der Waals surface area contributed by atoms with Crippen LogP contribution in [0, 0.1) is 0 Å². The molecule has 5 heteroatoms. The number of nitrogens with one attached hydrogen (secondary N) is 2. The summed E-state index contributed by atoms with van der Waals surface area (Å²) in [5.74, 6) is -0.0837. The Labute approximate surface area is 102 Å². The predicted molar refractivity (Wildman–Crippen MR) is 64.4 cm³/mol. The van der Waals surface area contributed by atoms with Crippen LogP contribution < -0.4 is 16.4 Å². The summed E-state index contributed by atoms with van der Waals surface area (Å²) in [6.07, 6.45) is 4.41. The van der Waals surface area contributed by atoms with Crippen LogP contribution in [0.15, 0.2) is 0 Å². The summed E-state index contributed by atoms with van der Waals surface area (Å²) in [5, 5.41) is 5.94. The Kier molecular flexibility index (Phi) is 3.49. The molecule has 1 heterocycles. The average molecular weight is 239 g/mol. The summed E-state index contributed by atoms with van der Waals surface area (Å²) in [7, 11) is 0. The zero-order valence-electron chi connectivity index (χ0n) is 10.3. The molecule has 5 nitrogen and oxygen atoms in total. The van der Waals surface area contributed by atoms with Gasteiger partial charge < -0.3 is 16.4 Å². The maximum atomic E-state index is 12.0. The summed E-state index contributed by atoms with van der Waals surface area (Å²) in [5.41, 5.74) is 5.20. The monoisotopic (exact) mass is 239 g/mol. The van der Waals surface area contributed by atoms with Crippen molar-refractivity contribution in [3.63, 3.8) is 0 Å². The van der Waals surface area contributed by atoms with E-state index in [4.69, 9.17) is 5.73 Å². The molecule has 96 valence electrons. The highest BCUT2D eigenvalue weighted by Gasteiger charge is 2.49. The molecule has 1 saturated carbocycles. The molecule has 1 aliphatic heterocycles. The molecule has 17 heavy (non-hydrogen) atoms. The minimum atomic E-state index is -0.657. The zero-order chi connectivity index (χ0) is 12.5. The first-order chi connectivity index (χ1) is 8.07. The van der Waals surface area contributed by atoms with Gasteiger partial charge in [-0.3, -0.25) is 9.59 Å². The van der Waals surface area contributed by atoms with Crippen LogP contribution >= 0.6 is 0 Å². The smallest absolute Gasteiger partial charge is 0.237 e. The van der Waals surface area contributed by atoms with Gasteiger partial charge in [0.15, 0.2) is 5.78 Å². The van der Waals surface area contributed by atoms with E-state index < -0.39 is 11.6 Å². The molecule has 0 radical (unpaired) electrons. The Hall–Kier alpha value is -0.940. The molecule has 2 fully saturated rings. The maximum absolute atomic E-state index is 12.0. The minimum Gasteiger partial charge on any atom is -0.344 e. The second kappa shape index (κ2) is 4.74. The van der Waals surface area contributed by atoms with Crippen molar-refractivity contribution in [2.45, 2.75) is 56.7 Å². The van der Waals surface area contributed by atoms with Crippen molar-refractivity contribution in [2.75, 3.05) is 6.54 Å². The second-order valence-electron chi connectivity index (χ2n) is 5.18. The van der Waals surface area contributed by atoms with Crippen molar-refractivity contribution in [3.8, 4) is 0 Å². The Morgan fingerprint density at radius 2 is 2.24 bits per heavy atom. The van der Waals surface area contributed by atoms with Gasteiger partial charge in [0.1, 0.15) is 6.04 Å². The molecule has 0 spiro atoms. The summed E-state index contributed by atoms with van der Waals surface area (Å²) < 4.78 is 0. The van der Waals surface area contributed by atoms with Crippen LogP contribution in [0.2, 0.25) is 0 Å². The molecule has 0 bridgehead atoms. The molecular weight excluding hydrogens is 218 g/mol. The van der Waals surface area contributed by atoms with E-state index in [9.17, 15) is 9.59 Å². The van der Waals surface area contributed by atoms with Crippen LogP contribution in [-0.4, -0.2) is 35.9 Å². The number of hydrogen-bond acceptors (Lipinski definition) is 4. The standard InChI is InChI=1S/C12H21N3O2/c1-2-3-4-8-11(17)15-9(7-14-8)10(16)12(13)5-6-12/h8-9,14H,2-7,13H2,1H3,(H,15,17)/t8-,9+/m0/s1. The Morgan fingerprint density at radius 3 is 2.76 bits per heavy atom. The predicted octanol–water partition coefficient (Wildman–Crippen LogP) is -0.306. The summed E-state index contributed by atoms with van der Waals surface area (Å²) in [6, 6.07) is -0.584. The van der Waals surface area contributed by atoms with Gasteiger partial charge in [0.05, 0.1) is 11.6 Å². The molecule has 2 rings (SSSR count). The fourth-order valence-electron chi connectivity index (χ4n) is 2.20. The normalized spacial score (nSPS) is 30.8. The van der Waals surface area contributed by atoms with E-state index >= 15 is 0 Å². The van der Waals surface area contributed by atoms with Gasteiger partial charge in [0.2, 0.25) is 5.91 Å². The number of amides is 1. The van der Waals surface area contributed by atoms with Crippen LogP contribution in [0.1, 0.15) is 39.0 Å². The number of nitrogens with two attached hydrogens (primary N) is 1. The number of piperazine rings is 1. The lowest BCUT2D eigenvalue weighted by Gasteiger charge is -2.30. The highest BCUT2D eigenvalue weighted by molar-refractivity contribution is 5.99. The van der Waals surface area contributed by atoms with Gasteiger partial charge in [-0.2, -0.15) is 0 Å².